The summed E-state index contributed by atoms with van der Waals surface area (Å²) in [5.41, 5.74) is 0.898. The van der Waals surface area contributed by atoms with Crippen LogP contribution in [0.4, 0.5) is 0 Å². The van der Waals surface area contributed by atoms with Gasteiger partial charge in [-0.3, -0.25) is 4.79 Å². The molecule has 1 N–H and O–H groups in total. The molecule has 2 aromatic rings. The van der Waals surface area contributed by atoms with Crippen LogP contribution in [0.15, 0.2) is 29.5 Å². The van der Waals surface area contributed by atoms with Gasteiger partial charge in [-0.2, -0.15) is 5.10 Å². The molecule has 6 heteroatoms. The van der Waals surface area contributed by atoms with Crippen molar-refractivity contribution in [3.63, 3.8) is 0 Å². The van der Waals surface area contributed by atoms with Crippen LogP contribution in [0.2, 0.25) is 0 Å². The fourth-order valence-corrected chi connectivity index (χ4v) is 1.28. The molecule has 0 saturated carbocycles. The Morgan fingerprint density at radius 2 is 2.44 bits per heavy atom. The third-order valence-electron chi connectivity index (χ3n) is 2.05. The first-order valence-corrected chi connectivity index (χ1v) is 4.53. The minimum atomic E-state index is -0.447. The number of fused-ring (bicyclic) bond motifs is 1. The number of nitrogens with zero attached hydrogens (tertiary/aromatic N) is 2. The molecule has 0 radical (unpaired) electrons. The predicted octanol–water partition coefficient (Wildman–Crippen LogP) is 0.209. The molecule has 0 aliphatic heterocycles. The highest BCUT2D eigenvalue weighted by Gasteiger charge is 2.01. The topological polar surface area (TPSA) is 76.5 Å². The van der Waals surface area contributed by atoms with Crippen molar-refractivity contribution in [2.45, 2.75) is 0 Å². The van der Waals surface area contributed by atoms with Gasteiger partial charge >= 0.3 is 5.97 Å². The Balaban J connectivity index is 2.41. The van der Waals surface area contributed by atoms with Crippen molar-refractivity contribution < 1.29 is 9.53 Å². The van der Waals surface area contributed by atoms with Gasteiger partial charge in [0.2, 0.25) is 0 Å². The van der Waals surface area contributed by atoms with Crippen molar-refractivity contribution in [2.75, 3.05) is 7.11 Å². The average Bonchev–Trinajstić information content (AvgIpc) is 2.70. The number of ether oxygens (including phenoxy) is 1. The van der Waals surface area contributed by atoms with Crippen LogP contribution in [0.25, 0.3) is 11.6 Å². The van der Waals surface area contributed by atoms with Gasteiger partial charge in [-0.25, -0.2) is 9.31 Å². The molecule has 0 aliphatic carbocycles. The van der Waals surface area contributed by atoms with Gasteiger partial charge in [0, 0.05) is 12.3 Å². The summed E-state index contributed by atoms with van der Waals surface area (Å²) in [6.45, 7) is 0. The van der Waals surface area contributed by atoms with Crippen LogP contribution in [-0.2, 0) is 9.53 Å². The summed E-state index contributed by atoms with van der Waals surface area (Å²) in [5, 5.41) is 3.92. The standard InChI is InChI=1S/C10H9N3O3/c1-16-9(14)3-2-7-4-8-10(15)11-6-12-13(8)5-7/h2-6H,1H3,(H,11,12,15). The summed E-state index contributed by atoms with van der Waals surface area (Å²) in [6, 6.07) is 1.63. The summed E-state index contributed by atoms with van der Waals surface area (Å²) in [6.07, 6.45) is 5.79. The molecule has 0 fully saturated rings. The number of H-pyrrole nitrogens is 1. The fraction of sp³-hybridized carbons (Fsp3) is 0.100. The highest BCUT2D eigenvalue weighted by molar-refractivity contribution is 5.87. The lowest BCUT2D eigenvalue weighted by Gasteiger charge is -1.88. The lowest BCUT2D eigenvalue weighted by atomic mass is 10.3. The second-order valence-electron chi connectivity index (χ2n) is 3.08. The third kappa shape index (κ3) is 1.85. The molecule has 0 bridgehead atoms. The van der Waals surface area contributed by atoms with E-state index in [2.05, 4.69) is 14.8 Å². The number of esters is 1. The van der Waals surface area contributed by atoms with Crippen molar-refractivity contribution in [1.82, 2.24) is 14.6 Å². The normalized spacial score (nSPS) is 11.1. The maximum atomic E-state index is 11.4. The molecular weight excluding hydrogens is 210 g/mol. The van der Waals surface area contributed by atoms with E-state index in [1.165, 1.54) is 24.0 Å². The molecule has 6 nitrogen and oxygen atoms in total. The number of nitrogens with one attached hydrogen (secondary N) is 1. The number of carbonyl (C=O) groups excluding carboxylic acids is 1. The van der Waals surface area contributed by atoms with Crippen LogP contribution in [0.1, 0.15) is 5.56 Å². The van der Waals surface area contributed by atoms with Crippen molar-refractivity contribution in [2.24, 2.45) is 0 Å². The molecule has 0 spiro atoms. The Bertz CT molecular complexity index is 609. The van der Waals surface area contributed by atoms with Gasteiger partial charge in [0.1, 0.15) is 11.8 Å². The zero-order chi connectivity index (χ0) is 11.5. The van der Waals surface area contributed by atoms with E-state index >= 15 is 0 Å². The minimum Gasteiger partial charge on any atom is -0.466 e. The zero-order valence-electron chi connectivity index (χ0n) is 8.51. The quantitative estimate of drug-likeness (QED) is 0.578. The Labute approximate surface area is 90.2 Å². The first-order chi connectivity index (χ1) is 7.70. The summed E-state index contributed by atoms with van der Waals surface area (Å²) in [4.78, 5) is 24.7. The van der Waals surface area contributed by atoms with E-state index in [1.54, 1.807) is 18.3 Å². The number of methoxy groups -OCH3 is 1. The zero-order valence-corrected chi connectivity index (χ0v) is 8.51. The van der Waals surface area contributed by atoms with E-state index in [-0.39, 0.29) is 5.56 Å². The molecule has 2 rings (SSSR count). The van der Waals surface area contributed by atoms with Crippen LogP contribution >= 0.6 is 0 Å². The molecule has 2 heterocycles. The maximum absolute atomic E-state index is 11.4. The molecule has 0 saturated heterocycles. The fourth-order valence-electron chi connectivity index (χ4n) is 1.28. The van der Waals surface area contributed by atoms with E-state index in [1.807, 2.05) is 0 Å². The first-order valence-electron chi connectivity index (χ1n) is 4.53. The van der Waals surface area contributed by atoms with Crippen molar-refractivity contribution in [3.05, 3.63) is 40.6 Å². The average molecular weight is 219 g/mol. The van der Waals surface area contributed by atoms with E-state index in [0.717, 1.165) is 0 Å². The molecule has 0 unspecified atom stereocenters. The number of rotatable bonds is 2. The first kappa shape index (κ1) is 10.2. The summed E-state index contributed by atoms with van der Waals surface area (Å²) >= 11 is 0. The maximum Gasteiger partial charge on any atom is 0.330 e. The molecule has 2 aromatic heterocycles. The number of hydrogen-bond donors (Lipinski definition) is 1. The van der Waals surface area contributed by atoms with Crippen molar-refractivity contribution >= 4 is 17.6 Å². The minimum absolute atomic E-state index is 0.229. The molecule has 0 amide bonds. The Morgan fingerprint density at radius 3 is 3.12 bits per heavy atom. The molecule has 0 aromatic carbocycles. The van der Waals surface area contributed by atoms with Crippen LogP contribution in [0.3, 0.4) is 0 Å². The van der Waals surface area contributed by atoms with Crippen LogP contribution < -0.4 is 5.56 Å². The number of aromatic nitrogens is 3. The van der Waals surface area contributed by atoms with E-state index < -0.39 is 5.97 Å². The van der Waals surface area contributed by atoms with Gasteiger partial charge < -0.3 is 9.72 Å². The summed E-state index contributed by atoms with van der Waals surface area (Å²) in [5.74, 6) is -0.447. The molecule has 0 aliphatic rings. The smallest absolute Gasteiger partial charge is 0.330 e. The molecule has 82 valence electrons. The monoisotopic (exact) mass is 219 g/mol. The Kier molecular flexibility index (Phi) is 2.55. The van der Waals surface area contributed by atoms with Gasteiger partial charge in [-0.15, -0.1) is 0 Å². The highest BCUT2D eigenvalue weighted by Crippen LogP contribution is 2.06. The largest absolute Gasteiger partial charge is 0.466 e. The lowest BCUT2D eigenvalue weighted by molar-refractivity contribution is -0.134. The van der Waals surface area contributed by atoms with Crippen molar-refractivity contribution in [1.29, 1.82) is 0 Å². The Hall–Kier alpha value is -2.37. The number of carbonyl (C=O) groups is 1. The van der Waals surface area contributed by atoms with Crippen LogP contribution in [0, 0.1) is 0 Å². The van der Waals surface area contributed by atoms with Gasteiger partial charge in [-0.05, 0) is 17.7 Å². The second-order valence-corrected chi connectivity index (χ2v) is 3.08. The predicted molar refractivity (Wildman–Crippen MR) is 56.9 cm³/mol. The van der Waals surface area contributed by atoms with Crippen molar-refractivity contribution in [3.8, 4) is 0 Å². The summed E-state index contributed by atoms with van der Waals surface area (Å²) < 4.78 is 5.89. The van der Waals surface area contributed by atoms with Gasteiger partial charge in [0.05, 0.1) is 7.11 Å². The van der Waals surface area contributed by atoms with E-state index in [4.69, 9.17) is 0 Å². The van der Waals surface area contributed by atoms with Crippen LogP contribution in [0.5, 0.6) is 0 Å². The molecule has 0 atom stereocenters. The second kappa shape index (κ2) is 4.01. The highest BCUT2D eigenvalue weighted by atomic mass is 16.5. The lowest BCUT2D eigenvalue weighted by Crippen LogP contribution is -2.09. The van der Waals surface area contributed by atoms with Gasteiger partial charge in [0.25, 0.3) is 5.56 Å². The number of hydrogen-bond acceptors (Lipinski definition) is 4. The number of aromatic amines is 1. The summed E-state index contributed by atoms with van der Waals surface area (Å²) in [7, 11) is 1.30. The van der Waals surface area contributed by atoms with Crippen LogP contribution in [-0.4, -0.2) is 27.7 Å². The van der Waals surface area contributed by atoms with E-state index in [9.17, 15) is 9.59 Å². The third-order valence-corrected chi connectivity index (χ3v) is 2.05. The van der Waals surface area contributed by atoms with E-state index in [0.29, 0.717) is 11.1 Å². The molecule has 16 heavy (non-hydrogen) atoms. The molecular formula is C10H9N3O3. The van der Waals surface area contributed by atoms with Gasteiger partial charge in [-0.1, -0.05) is 0 Å². The van der Waals surface area contributed by atoms with Gasteiger partial charge in [0.15, 0.2) is 0 Å². The SMILES string of the molecule is COC(=O)C=Cc1cc2c(=O)[nH]cnn2c1. The Morgan fingerprint density at radius 1 is 1.62 bits per heavy atom.